The number of aryl methyl sites for hydroxylation is 3. The average molecular weight is 358 g/mol. The van der Waals surface area contributed by atoms with E-state index < -0.39 is 6.61 Å². The first-order valence-electron chi connectivity index (χ1n) is 7.32. The number of anilines is 1. The zero-order chi connectivity index (χ0) is 17.9. The molecule has 0 fully saturated rings. The standard InChI is InChI=1S/C16H18ClF2N3O2/c1-9-4-5-12(13(8-9)24-16(18)19)20-14(23)6-7-22-11(3)15(17)10(2)21-22/h4-5,8,16H,6-7H2,1-3H3,(H,20,23). The van der Waals surface area contributed by atoms with Gasteiger partial charge in [-0.05, 0) is 38.5 Å². The van der Waals surface area contributed by atoms with Crippen molar-refractivity contribution in [3.8, 4) is 5.75 Å². The molecule has 0 aliphatic carbocycles. The second-order valence-corrected chi connectivity index (χ2v) is 5.76. The summed E-state index contributed by atoms with van der Waals surface area (Å²) in [6.45, 7) is 2.72. The molecule has 0 saturated carbocycles. The zero-order valence-corrected chi connectivity index (χ0v) is 14.3. The number of nitrogens with one attached hydrogen (secondary N) is 1. The van der Waals surface area contributed by atoms with E-state index in [1.807, 2.05) is 6.92 Å². The molecular weight excluding hydrogens is 340 g/mol. The van der Waals surface area contributed by atoms with E-state index in [1.165, 1.54) is 12.1 Å². The second-order valence-electron chi connectivity index (χ2n) is 5.38. The number of rotatable bonds is 6. The minimum absolute atomic E-state index is 0.0625. The lowest BCUT2D eigenvalue weighted by Gasteiger charge is -2.13. The highest BCUT2D eigenvalue weighted by molar-refractivity contribution is 6.31. The van der Waals surface area contributed by atoms with Gasteiger partial charge in [0, 0.05) is 6.42 Å². The highest BCUT2D eigenvalue weighted by atomic mass is 35.5. The summed E-state index contributed by atoms with van der Waals surface area (Å²) < 4.78 is 31.0. The highest BCUT2D eigenvalue weighted by Gasteiger charge is 2.14. The fourth-order valence-corrected chi connectivity index (χ4v) is 2.37. The molecule has 5 nitrogen and oxygen atoms in total. The van der Waals surface area contributed by atoms with E-state index in [0.717, 1.165) is 11.3 Å². The average Bonchev–Trinajstić information content (AvgIpc) is 2.74. The lowest BCUT2D eigenvalue weighted by Crippen LogP contribution is -2.17. The summed E-state index contributed by atoms with van der Waals surface area (Å²) in [6.07, 6.45) is 0.125. The van der Waals surface area contributed by atoms with Crippen molar-refractivity contribution >= 4 is 23.2 Å². The molecule has 1 N–H and O–H groups in total. The third-order valence-electron chi connectivity index (χ3n) is 3.47. The van der Waals surface area contributed by atoms with Gasteiger partial charge in [-0.2, -0.15) is 13.9 Å². The Bertz CT molecular complexity index is 747. The van der Waals surface area contributed by atoms with Crippen LogP contribution in [-0.4, -0.2) is 22.3 Å². The van der Waals surface area contributed by atoms with Crippen LogP contribution in [0.15, 0.2) is 18.2 Å². The Morgan fingerprint density at radius 2 is 2.08 bits per heavy atom. The first-order valence-corrected chi connectivity index (χ1v) is 7.70. The van der Waals surface area contributed by atoms with E-state index >= 15 is 0 Å². The number of nitrogens with zero attached hydrogens (tertiary/aromatic N) is 2. The van der Waals surface area contributed by atoms with Gasteiger partial charge in [0.2, 0.25) is 5.91 Å². The van der Waals surface area contributed by atoms with Crippen molar-refractivity contribution in [3.63, 3.8) is 0 Å². The van der Waals surface area contributed by atoms with Gasteiger partial charge in [0.15, 0.2) is 0 Å². The molecule has 1 heterocycles. The van der Waals surface area contributed by atoms with Gasteiger partial charge < -0.3 is 10.1 Å². The molecule has 130 valence electrons. The summed E-state index contributed by atoms with van der Waals surface area (Å²) >= 11 is 6.06. The second kappa shape index (κ2) is 7.61. The van der Waals surface area contributed by atoms with Gasteiger partial charge in [-0.1, -0.05) is 17.7 Å². The van der Waals surface area contributed by atoms with E-state index in [-0.39, 0.29) is 23.8 Å². The van der Waals surface area contributed by atoms with Crippen LogP contribution in [-0.2, 0) is 11.3 Å². The van der Waals surface area contributed by atoms with Crippen LogP contribution in [0.2, 0.25) is 5.02 Å². The highest BCUT2D eigenvalue weighted by Crippen LogP contribution is 2.27. The number of hydrogen-bond donors (Lipinski definition) is 1. The fraction of sp³-hybridized carbons (Fsp3) is 0.375. The molecule has 0 saturated heterocycles. The molecule has 2 aromatic rings. The Labute approximate surface area is 143 Å². The van der Waals surface area contributed by atoms with E-state index in [4.69, 9.17) is 11.6 Å². The summed E-state index contributed by atoms with van der Waals surface area (Å²) in [5.41, 5.74) is 2.43. The Kier molecular flexibility index (Phi) is 5.77. The number of aromatic nitrogens is 2. The number of amides is 1. The van der Waals surface area contributed by atoms with Crippen molar-refractivity contribution in [2.45, 2.75) is 40.3 Å². The maximum absolute atomic E-state index is 12.5. The zero-order valence-electron chi connectivity index (χ0n) is 13.6. The topological polar surface area (TPSA) is 56.2 Å². The van der Waals surface area contributed by atoms with Gasteiger partial charge >= 0.3 is 6.61 Å². The number of carbonyl (C=O) groups excluding carboxylic acids is 1. The molecule has 0 aliphatic rings. The Hall–Kier alpha value is -2.15. The monoisotopic (exact) mass is 357 g/mol. The van der Waals surface area contributed by atoms with Gasteiger partial charge in [0.1, 0.15) is 5.75 Å². The minimum Gasteiger partial charge on any atom is -0.433 e. The lowest BCUT2D eigenvalue weighted by molar-refractivity contribution is -0.116. The predicted molar refractivity (Wildman–Crippen MR) is 87.8 cm³/mol. The molecule has 0 bridgehead atoms. The van der Waals surface area contributed by atoms with Crippen molar-refractivity contribution in [1.82, 2.24) is 9.78 Å². The van der Waals surface area contributed by atoms with Crippen LogP contribution in [0.4, 0.5) is 14.5 Å². The number of alkyl halides is 2. The van der Waals surface area contributed by atoms with Crippen molar-refractivity contribution < 1.29 is 18.3 Å². The number of carbonyl (C=O) groups is 1. The molecule has 1 amide bonds. The van der Waals surface area contributed by atoms with E-state index in [0.29, 0.717) is 17.3 Å². The van der Waals surface area contributed by atoms with E-state index in [1.54, 1.807) is 24.6 Å². The third-order valence-corrected chi connectivity index (χ3v) is 4.02. The molecule has 0 aliphatic heterocycles. The first-order chi connectivity index (χ1) is 11.3. The van der Waals surface area contributed by atoms with Gasteiger partial charge in [-0.15, -0.1) is 0 Å². The lowest BCUT2D eigenvalue weighted by atomic mass is 10.2. The smallest absolute Gasteiger partial charge is 0.387 e. The number of hydrogen-bond acceptors (Lipinski definition) is 3. The van der Waals surface area contributed by atoms with Crippen molar-refractivity contribution in [2.75, 3.05) is 5.32 Å². The van der Waals surface area contributed by atoms with Gasteiger partial charge in [-0.3, -0.25) is 9.48 Å². The molecule has 8 heteroatoms. The van der Waals surface area contributed by atoms with Crippen LogP contribution in [0.1, 0.15) is 23.4 Å². The van der Waals surface area contributed by atoms with Crippen LogP contribution >= 0.6 is 11.6 Å². The van der Waals surface area contributed by atoms with Gasteiger partial charge in [-0.25, -0.2) is 0 Å². The third kappa shape index (κ3) is 4.44. The molecule has 0 atom stereocenters. The Morgan fingerprint density at radius 1 is 1.38 bits per heavy atom. The maximum atomic E-state index is 12.5. The van der Waals surface area contributed by atoms with Crippen molar-refractivity contribution in [1.29, 1.82) is 0 Å². The quantitative estimate of drug-likeness (QED) is 0.847. The van der Waals surface area contributed by atoms with Gasteiger partial charge in [0.25, 0.3) is 0 Å². The fourth-order valence-electron chi connectivity index (χ4n) is 2.24. The van der Waals surface area contributed by atoms with Crippen LogP contribution in [0.3, 0.4) is 0 Å². The molecule has 1 aromatic carbocycles. The van der Waals surface area contributed by atoms with Crippen molar-refractivity contribution in [2.24, 2.45) is 0 Å². The summed E-state index contributed by atoms with van der Waals surface area (Å²) in [5.74, 6) is -0.394. The summed E-state index contributed by atoms with van der Waals surface area (Å²) in [4.78, 5) is 12.1. The van der Waals surface area contributed by atoms with E-state index in [2.05, 4.69) is 15.2 Å². The van der Waals surface area contributed by atoms with Crippen LogP contribution in [0, 0.1) is 20.8 Å². The van der Waals surface area contributed by atoms with Crippen LogP contribution < -0.4 is 10.1 Å². The molecular formula is C16H18ClF2N3O2. The van der Waals surface area contributed by atoms with Crippen molar-refractivity contribution in [3.05, 3.63) is 40.2 Å². The van der Waals surface area contributed by atoms with E-state index in [9.17, 15) is 13.6 Å². The number of ether oxygens (including phenoxy) is 1. The normalized spacial score (nSPS) is 11.0. The first kappa shape index (κ1) is 18.2. The molecule has 2 rings (SSSR count). The summed E-state index contributed by atoms with van der Waals surface area (Å²) in [7, 11) is 0. The largest absolute Gasteiger partial charge is 0.433 e. The Balaban J connectivity index is 2.03. The molecule has 24 heavy (non-hydrogen) atoms. The molecule has 1 aromatic heterocycles. The SMILES string of the molecule is Cc1ccc(NC(=O)CCn2nc(C)c(Cl)c2C)c(OC(F)F)c1. The predicted octanol–water partition coefficient (Wildman–Crippen LogP) is 4.09. The molecule has 0 spiro atoms. The minimum atomic E-state index is -2.96. The molecule has 0 unspecified atom stereocenters. The Morgan fingerprint density at radius 3 is 2.67 bits per heavy atom. The van der Waals surface area contributed by atoms with Crippen LogP contribution in [0.5, 0.6) is 5.75 Å². The summed E-state index contributed by atoms with van der Waals surface area (Å²) in [6, 6.07) is 4.68. The maximum Gasteiger partial charge on any atom is 0.387 e. The summed E-state index contributed by atoms with van der Waals surface area (Å²) in [5, 5.41) is 7.39. The number of halogens is 3. The number of benzene rings is 1. The molecule has 0 radical (unpaired) electrons. The van der Waals surface area contributed by atoms with Gasteiger partial charge in [0.05, 0.1) is 28.6 Å². The van der Waals surface area contributed by atoms with Crippen LogP contribution in [0.25, 0.3) is 0 Å².